The van der Waals surface area contributed by atoms with Crippen molar-refractivity contribution in [2.24, 2.45) is 5.73 Å². The highest BCUT2D eigenvalue weighted by molar-refractivity contribution is 5.95. The van der Waals surface area contributed by atoms with E-state index < -0.39 is 5.91 Å². The number of rotatable bonds is 7. The Morgan fingerprint density at radius 1 is 1.10 bits per heavy atom. The Kier molecular flexibility index (Phi) is 5.53. The molecule has 2 heterocycles. The van der Waals surface area contributed by atoms with Crippen molar-refractivity contribution >= 4 is 28.5 Å². The summed E-state index contributed by atoms with van der Waals surface area (Å²) in [5, 5.41) is 3.66. The van der Waals surface area contributed by atoms with Crippen LogP contribution in [-0.2, 0) is 11.2 Å². The minimum absolute atomic E-state index is 0.150. The molecule has 0 fully saturated rings. The number of furan rings is 1. The van der Waals surface area contributed by atoms with Crippen molar-refractivity contribution in [1.82, 2.24) is 4.98 Å². The van der Waals surface area contributed by atoms with Crippen LogP contribution in [0.15, 0.2) is 71.5 Å². The van der Waals surface area contributed by atoms with E-state index in [0.29, 0.717) is 34.2 Å². The first-order valence-corrected chi connectivity index (χ1v) is 9.39. The maximum Gasteiger partial charge on any atom is 0.248 e. The van der Waals surface area contributed by atoms with Gasteiger partial charge in [0.25, 0.3) is 0 Å². The van der Waals surface area contributed by atoms with Gasteiger partial charge in [-0.2, -0.15) is 0 Å². The predicted molar refractivity (Wildman–Crippen MR) is 114 cm³/mol. The summed E-state index contributed by atoms with van der Waals surface area (Å²) in [6.07, 6.45) is 3.21. The number of primary amides is 1. The number of benzene rings is 2. The van der Waals surface area contributed by atoms with E-state index in [-0.39, 0.29) is 12.3 Å². The number of amides is 2. The minimum atomic E-state index is -0.541. The molecular formula is C23H19N3O5. The summed E-state index contributed by atoms with van der Waals surface area (Å²) in [6.45, 7) is 0. The summed E-state index contributed by atoms with van der Waals surface area (Å²) < 4.78 is 16.3. The number of fused-ring (bicyclic) bond motifs is 1. The van der Waals surface area contributed by atoms with Crippen molar-refractivity contribution in [3.8, 4) is 17.4 Å². The van der Waals surface area contributed by atoms with Crippen LogP contribution in [0, 0.1) is 0 Å². The lowest BCUT2D eigenvalue weighted by molar-refractivity contribution is -0.115. The molecule has 8 nitrogen and oxygen atoms in total. The molecule has 0 unspecified atom stereocenters. The molecular weight excluding hydrogens is 398 g/mol. The van der Waals surface area contributed by atoms with Gasteiger partial charge in [-0.05, 0) is 36.4 Å². The number of pyridine rings is 1. The number of carbonyl (C=O) groups excluding carboxylic acids is 2. The highest BCUT2D eigenvalue weighted by Crippen LogP contribution is 2.26. The molecule has 3 N–H and O–H groups in total. The number of aromatic nitrogens is 1. The third kappa shape index (κ3) is 4.64. The zero-order chi connectivity index (χ0) is 21.8. The molecule has 0 spiro atoms. The second kappa shape index (κ2) is 8.58. The molecule has 0 aliphatic rings. The number of hydrogen-bond acceptors (Lipinski definition) is 6. The van der Waals surface area contributed by atoms with Crippen LogP contribution in [-0.4, -0.2) is 23.9 Å². The van der Waals surface area contributed by atoms with E-state index in [1.807, 2.05) is 12.1 Å². The Hall–Kier alpha value is -4.33. The maximum atomic E-state index is 12.4. The molecule has 0 aliphatic heterocycles. The van der Waals surface area contributed by atoms with Crippen LogP contribution in [0.4, 0.5) is 5.69 Å². The van der Waals surface area contributed by atoms with Gasteiger partial charge in [-0.25, -0.2) is 4.98 Å². The summed E-state index contributed by atoms with van der Waals surface area (Å²) in [5.74, 6) is 0.690. The van der Waals surface area contributed by atoms with Gasteiger partial charge < -0.3 is 24.9 Å². The Morgan fingerprint density at radius 3 is 2.71 bits per heavy atom. The molecule has 0 radical (unpaired) electrons. The van der Waals surface area contributed by atoms with Gasteiger partial charge in [0.2, 0.25) is 17.7 Å². The van der Waals surface area contributed by atoms with Gasteiger partial charge in [-0.3, -0.25) is 9.59 Å². The average Bonchev–Trinajstić information content (AvgIpc) is 3.17. The number of hydrogen-bond donors (Lipinski definition) is 2. The Balaban J connectivity index is 1.39. The van der Waals surface area contributed by atoms with Crippen LogP contribution in [0.1, 0.15) is 15.9 Å². The van der Waals surface area contributed by atoms with E-state index >= 15 is 0 Å². The third-order valence-electron chi connectivity index (χ3n) is 4.57. The molecule has 8 heteroatoms. The molecule has 2 aromatic carbocycles. The highest BCUT2D eigenvalue weighted by Gasteiger charge is 2.12. The highest BCUT2D eigenvalue weighted by atomic mass is 16.5. The zero-order valence-electron chi connectivity index (χ0n) is 16.6. The van der Waals surface area contributed by atoms with Crippen LogP contribution in [0.5, 0.6) is 17.4 Å². The Bertz CT molecular complexity index is 1250. The number of nitrogens with two attached hydrogens (primary N) is 1. The van der Waals surface area contributed by atoms with Crippen molar-refractivity contribution in [1.29, 1.82) is 0 Å². The van der Waals surface area contributed by atoms with E-state index in [1.54, 1.807) is 49.8 Å². The van der Waals surface area contributed by atoms with Crippen LogP contribution in [0.3, 0.4) is 0 Å². The number of ether oxygens (including phenoxy) is 2. The standard InChI is InChI=1S/C23H19N3O5/c1-29-17-6-7-19-15(13-30-20(19)11-17)10-21(27)26-16-5-8-22(25-12-16)31-18-4-2-3-14(9-18)23(24)28/h2-9,11-13H,10H2,1H3,(H2,24,28)(H,26,27). The van der Waals surface area contributed by atoms with E-state index in [0.717, 1.165) is 10.9 Å². The molecule has 0 saturated carbocycles. The van der Waals surface area contributed by atoms with Crippen LogP contribution in [0.2, 0.25) is 0 Å². The van der Waals surface area contributed by atoms with Crippen molar-refractivity contribution in [2.75, 3.05) is 12.4 Å². The molecule has 0 bridgehead atoms. The molecule has 0 aliphatic carbocycles. The second-order valence-corrected chi connectivity index (χ2v) is 6.73. The summed E-state index contributed by atoms with van der Waals surface area (Å²) in [5.41, 5.74) is 7.57. The minimum Gasteiger partial charge on any atom is -0.497 e. The van der Waals surface area contributed by atoms with E-state index in [1.165, 1.54) is 12.3 Å². The quantitative estimate of drug-likeness (QED) is 0.471. The number of carbonyl (C=O) groups is 2. The molecule has 2 amide bonds. The summed E-state index contributed by atoms with van der Waals surface area (Å²) >= 11 is 0. The molecule has 31 heavy (non-hydrogen) atoms. The third-order valence-corrected chi connectivity index (χ3v) is 4.57. The fourth-order valence-electron chi connectivity index (χ4n) is 3.05. The average molecular weight is 417 g/mol. The van der Waals surface area contributed by atoms with Gasteiger partial charge in [-0.15, -0.1) is 0 Å². The Labute approximate surface area is 177 Å². The number of anilines is 1. The number of nitrogens with one attached hydrogen (secondary N) is 1. The first-order valence-electron chi connectivity index (χ1n) is 9.39. The first-order chi connectivity index (χ1) is 15.0. The van der Waals surface area contributed by atoms with Gasteiger partial charge in [0, 0.05) is 28.6 Å². The van der Waals surface area contributed by atoms with Crippen LogP contribution >= 0.6 is 0 Å². The van der Waals surface area contributed by atoms with Gasteiger partial charge in [-0.1, -0.05) is 6.07 Å². The lowest BCUT2D eigenvalue weighted by atomic mass is 10.1. The summed E-state index contributed by atoms with van der Waals surface area (Å²) in [7, 11) is 1.58. The van der Waals surface area contributed by atoms with Crippen molar-refractivity contribution in [3.05, 3.63) is 78.2 Å². The molecule has 156 valence electrons. The maximum absolute atomic E-state index is 12.4. The topological polar surface area (TPSA) is 117 Å². The van der Waals surface area contributed by atoms with Gasteiger partial charge >= 0.3 is 0 Å². The lowest BCUT2D eigenvalue weighted by Crippen LogP contribution is -2.14. The lowest BCUT2D eigenvalue weighted by Gasteiger charge is -2.08. The fraction of sp³-hybridized carbons (Fsp3) is 0.0870. The number of methoxy groups -OCH3 is 1. The summed E-state index contributed by atoms with van der Waals surface area (Å²) in [6, 6.07) is 15.2. The molecule has 2 aromatic heterocycles. The van der Waals surface area contributed by atoms with Gasteiger partial charge in [0.1, 0.15) is 17.1 Å². The summed E-state index contributed by atoms with van der Waals surface area (Å²) in [4.78, 5) is 27.9. The molecule has 0 saturated heterocycles. The molecule has 0 atom stereocenters. The first kappa shape index (κ1) is 20.0. The van der Waals surface area contributed by atoms with Gasteiger partial charge in [0.15, 0.2) is 0 Å². The van der Waals surface area contributed by atoms with Crippen LogP contribution < -0.4 is 20.5 Å². The predicted octanol–water partition coefficient (Wildman–Crippen LogP) is 3.91. The van der Waals surface area contributed by atoms with Crippen molar-refractivity contribution < 1.29 is 23.5 Å². The molecule has 4 aromatic rings. The number of nitrogens with zero attached hydrogens (tertiary/aromatic N) is 1. The molecule has 4 rings (SSSR count). The van der Waals surface area contributed by atoms with E-state index in [9.17, 15) is 9.59 Å². The van der Waals surface area contributed by atoms with Gasteiger partial charge in [0.05, 0.1) is 31.7 Å². The van der Waals surface area contributed by atoms with E-state index in [4.69, 9.17) is 19.6 Å². The Morgan fingerprint density at radius 2 is 1.97 bits per heavy atom. The van der Waals surface area contributed by atoms with Crippen LogP contribution in [0.25, 0.3) is 11.0 Å². The zero-order valence-corrected chi connectivity index (χ0v) is 16.6. The second-order valence-electron chi connectivity index (χ2n) is 6.73. The fourth-order valence-corrected chi connectivity index (χ4v) is 3.05. The largest absolute Gasteiger partial charge is 0.497 e. The van der Waals surface area contributed by atoms with Crippen molar-refractivity contribution in [3.63, 3.8) is 0 Å². The normalized spacial score (nSPS) is 10.6. The SMILES string of the molecule is COc1ccc2c(CC(=O)Nc3ccc(Oc4cccc(C(N)=O)c4)nc3)coc2c1. The smallest absolute Gasteiger partial charge is 0.248 e. The monoisotopic (exact) mass is 417 g/mol. The van der Waals surface area contributed by atoms with E-state index in [2.05, 4.69) is 10.3 Å². The van der Waals surface area contributed by atoms with Crippen molar-refractivity contribution in [2.45, 2.75) is 6.42 Å².